The summed E-state index contributed by atoms with van der Waals surface area (Å²) in [5.41, 5.74) is 1.48. The Morgan fingerprint density at radius 3 is 2.43 bits per heavy atom. The van der Waals surface area contributed by atoms with Gasteiger partial charge in [0, 0.05) is 18.3 Å². The third-order valence-corrected chi connectivity index (χ3v) is 4.56. The van der Waals surface area contributed by atoms with Crippen molar-refractivity contribution in [3.05, 3.63) is 59.5 Å². The van der Waals surface area contributed by atoms with Crippen LogP contribution < -0.4 is 14.8 Å². The number of hydrogen-bond donors (Lipinski definition) is 1. The van der Waals surface area contributed by atoms with Gasteiger partial charge in [-0.3, -0.25) is 14.5 Å². The van der Waals surface area contributed by atoms with Gasteiger partial charge < -0.3 is 14.8 Å². The Kier molecular flexibility index (Phi) is 4.73. The zero-order valence-electron chi connectivity index (χ0n) is 15.3. The van der Waals surface area contributed by atoms with Gasteiger partial charge in [0.25, 0.3) is 11.8 Å². The quantitative estimate of drug-likeness (QED) is 0.805. The Labute approximate surface area is 161 Å². The van der Waals surface area contributed by atoms with E-state index in [2.05, 4.69) is 5.32 Å². The standard InChI is InChI=1S/C21H19FN2O4/c1-2-9-24-20(25)18(13-3-5-14(22)6-4-13)19(21(24)26)23-15-7-8-16-17(12-15)28-11-10-27-16/h3-8,12,23H,2,9-11H2,1H3. The maximum atomic E-state index is 13.3. The van der Waals surface area contributed by atoms with Crippen molar-refractivity contribution >= 4 is 23.1 Å². The lowest BCUT2D eigenvalue weighted by molar-refractivity contribution is -0.136. The van der Waals surface area contributed by atoms with E-state index in [-0.39, 0.29) is 11.3 Å². The summed E-state index contributed by atoms with van der Waals surface area (Å²) < 4.78 is 24.4. The summed E-state index contributed by atoms with van der Waals surface area (Å²) in [6.45, 7) is 3.14. The van der Waals surface area contributed by atoms with E-state index in [1.165, 1.54) is 29.2 Å². The molecule has 0 fully saturated rings. The van der Waals surface area contributed by atoms with E-state index in [1.54, 1.807) is 18.2 Å². The number of carbonyl (C=O) groups excluding carboxylic acids is 2. The second kappa shape index (κ2) is 7.34. The summed E-state index contributed by atoms with van der Waals surface area (Å²) >= 11 is 0. The average Bonchev–Trinajstić information content (AvgIpc) is 2.93. The van der Waals surface area contributed by atoms with Crippen LogP contribution >= 0.6 is 0 Å². The van der Waals surface area contributed by atoms with Crippen LogP contribution in [0.4, 0.5) is 10.1 Å². The summed E-state index contributed by atoms with van der Waals surface area (Å²) in [5.74, 6) is 0.000730. The van der Waals surface area contributed by atoms with Gasteiger partial charge >= 0.3 is 0 Å². The third-order valence-electron chi connectivity index (χ3n) is 4.56. The fraction of sp³-hybridized carbons (Fsp3) is 0.238. The van der Waals surface area contributed by atoms with Gasteiger partial charge in [-0.15, -0.1) is 0 Å². The van der Waals surface area contributed by atoms with Crippen LogP contribution in [0.2, 0.25) is 0 Å². The van der Waals surface area contributed by atoms with Crippen molar-refractivity contribution in [1.82, 2.24) is 4.90 Å². The minimum atomic E-state index is -0.409. The lowest BCUT2D eigenvalue weighted by atomic mass is 10.0. The van der Waals surface area contributed by atoms with Crippen LogP contribution in [-0.4, -0.2) is 36.5 Å². The number of carbonyl (C=O) groups is 2. The normalized spacial score (nSPS) is 16.0. The van der Waals surface area contributed by atoms with Crippen LogP contribution in [0.5, 0.6) is 11.5 Å². The van der Waals surface area contributed by atoms with E-state index in [0.29, 0.717) is 48.9 Å². The van der Waals surface area contributed by atoms with Gasteiger partial charge in [-0.2, -0.15) is 0 Å². The molecule has 0 bridgehead atoms. The first-order chi connectivity index (χ1) is 13.6. The van der Waals surface area contributed by atoms with E-state index in [1.807, 2.05) is 6.92 Å². The van der Waals surface area contributed by atoms with Gasteiger partial charge in [-0.25, -0.2) is 4.39 Å². The maximum absolute atomic E-state index is 13.3. The lowest BCUT2D eigenvalue weighted by Crippen LogP contribution is -2.33. The number of hydrogen-bond acceptors (Lipinski definition) is 5. The summed E-state index contributed by atoms with van der Waals surface area (Å²) in [6.07, 6.45) is 0.644. The van der Waals surface area contributed by atoms with Gasteiger partial charge in [0.2, 0.25) is 0 Å². The SMILES string of the molecule is CCCN1C(=O)C(Nc2ccc3c(c2)OCCO3)=C(c2ccc(F)cc2)C1=O. The number of amides is 2. The summed E-state index contributed by atoms with van der Waals surface area (Å²) in [7, 11) is 0. The maximum Gasteiger partial charge on any atom is 0.278 e. The molecule has 0 unspecified atom stereocenters. The van der Waals surface area contributed by atoms with Gasteiger partial charge in [-0.05, 0) is 36.2 Å². The van der Waals surface area contributed by atoms with Gasteiger partial charge in [0.1, 0.15) is 24.7 Å². The van der Waals surface area contributed by atoms with Crippen LogP contribution in [0.15, 0.2) is 48.2 Å². The first kappa shape index (κ1) is 18.0. The Morgan fingerprint density at radius 1 is 1.00 bits per heavy atom. The molecule has 0 saturated heterocycles. The summed E-state index contributed by atoms with van der Waals surface area (Å²) in [5, 5.41) is 3.06. The second-order valence-corrected chi connectivity index (χ2v) is 6.50. The number of nitrogens with zero attached hydrogens (tertiary/aromatic N) is 1. The smallest absolute Gasteiger partial charge is 0.278 e. The molecule has 144 valence electrons. The number of ether oxygens (including phenoxy) is 2. The van der Waals surface area contributed by atoms with Crippen LogP contribution in [0, 0.1) is 5.82 Å². The highest BCUT2D eigenvalue weighted by Crippen LogP contribution is 2.35. The molecule has 1 N–H and O–H groups in total. The number of imide groups is 1. The van der Waals surface area contributed by atoms with E-state index in [9.17, 15) is 14.0 Å². The minimum absolute atomic E-state index is 0.168. The Balaban J connectivity index is 1.74. The highest BCUT2D eigenvalue weighted by atomic mass is 19.1. The molecule has 0 saturated carbocycles. The molecule has 0 aromatic heterocycles. The molecule has 2 amide bonds. The molecular formula is C21H19FN2O4. The Hall–Kier alpha value is -3.35. The number of nitrogens with one attached hydrogen (secondary N) is 1. The van der Waals surface area contributed by atoms with Crippen molar-refractivity contribution in [3.63, 3.8) is 0 Å². The van der Waals surface area contributed by atoms with Crippen molar-refractivity contribution in [1.29, 1.82) is 0 Å². The Morgan fingerprint density at radius 2 is 1.71 bits per heavy atom. The topological polar surface area (TPSA) is 67.9 Å². The largest absolute Gasteiger partial charge is 0.486 e. The molecule has 0 atom stereocenters. The van der Waals surface area contributed by atoms with Crippen LogP contribution in [0.1, 0.15) is 18.9 Å². The summed E-state index contributed by atoms with van der Waals surface area (Å²) in [4.78, 5) is 27.0. The minimum Gasteiger partial charge on any atom is -0.486 e. The number of fused-ring (bicyclic) bond motifs is 1. The zero-order valence-corrected chi connectivity index (χ0v) is 15.3. The molecule has 0 aliphatic carbocycles. The number of anilines is 1. The molecule has 6 nitrogen and oxygen atoms in total. The molecular weight excluding hydrogens is 363 g/mol. The molecule has 2 aliphatic heterocycles. The Bertz CT molecular complexity index is 969. The predicted molar refractivity (Wildman–Crippen MR) is 101 cm³/mol. The van der Waals surface area contributed by atoms with Gasteiger partial charge in [-0.1, -0.05) is 19.1 Å². The second-order valence-electron chi connectivity index (χ2n) is 6.50. The summed E-state index contributed by atoms with van der Waals surface area (Å²) in [6, 6.07) is 10.8. The predicted octanol–water partition coefficient (Wildman–Crippen LogP) is 3.20. The average molecular weight is 382 g/mol. The zero-order chi connectivity index (χ0) is 19.7. The van der Waals surface area contributed by atoms with Crippen molar-refractivity contribution in [3.8, 4) is 11.5 Å². The third kappa shape index (κ3) is 3.19. The van der Waals surface area contributed by atoms with Crippen molar-refractivity contribution < 1.29 is 23.5 Å². The molecule has 2 aromatic rings. The number of benzene rings is 2. The first-order valence-electron chi connectivity index (χ1n) is 9.11. The molecule has 0 radical (unpaired) electrons. The molecule has 7 heteroatoms. The van der Waals surface area contributed by atoms with E-state index in [4.69, 9.17) is 9.47 Å². The van der Waals surface area contributed by atoms with E-state index < -0.39 is 17.6 Å². The monoisotopic (exact) mass is 382 g/mol. The van der Waals surface area contributed by atoms with Crippen LogP contribution in [0.25, 0.3) is 5.57 Å². The molecule has 2 aromatic carbocycles. The van der Waals surface area contributed by atoms with Crippen molar-refractivity contribution in [2.24, 2.45) is 0 Å². The van der Waals surface area contributed by atoms with Gasteiger partial charge in [0.15, 0.2) is 11.5 Å². The van der Waals surface area contributed by atoms with Crippen LogP contribution in [-0.2, 0) is 9.59 Å². The van der Waals surface area contributed by atoms with E-state index >= 15 is 0 Å². The first-order valence-corrected chi connectivity index (χ1v) is 9.11. The van der Waals surface area contributed by atoms with Crippen molar-refractivity contribution in [2.45, 2.75) is 13.3 Å². The lowest BCUT2D eigenvalue weighted by Gasteiger charge is -2.19. The molecule has 2 aliphatic rings. The molecule has 4 rings (SSSR count). The van der Waals surface area contributed by atoms with Crippen molar-refractivity contribution in [2.75, 3.05) is 25.1 Å². The number of rotatable bonds is 5. The fourth-order valence-corrected chi connectivity index (χ4v) is 3.27. The highest BCUT2D eigenvalue weighted by molar-refractivity contribution is 6.36. The number of halogens is 1. The van der Waals surface area contributed by atoms with Crippen LogP contribution in [0.3, 0.4) is 0 Å². The molecule has 0 spiro atoms. The molecule has 2 heterocycles. The molecule has 28 heavy (non-hydrogen) atoms. The van der Waals surface area contributed by atoms with Gasteiger partial charge in [0.05, 0.1) is 5.57 Å². The fourth-order valence-electron chi connectivity index (χ4n) is 3.27. The highest BCUT2D eigenvalue weighted by Gasteiger charge is 2.38. The van der Waals surface area contributed by atoms with E-state index in [0.717, 1.165) is 0 Å².